The monoisotopic (exact) mass is 439 g/mol. The summed E-state index contributed by atoms with van der Waals surface area (Å²) in [4.78, 5) is 15.0. The van der Waals surface area contributed by atoms with Crippen molar-refractivity contribution in [2.24, 2.45) is 0 Å². The van der Waals surface area contributed by atoms with Crippen molar-refractivity contribution in [3.8, 4) is 0 Å². The molecule has 6 nitrogen and oxygen atoms in total. The fourth-order valence-corrected chi connectivity index (χ4v) is 5.47. The van der Waals surface area contributed by atoms with Gasteiger partial charge in [-0.3, -0.25) is 9.69 Å². The van der Waals surface area contributed by atoms with Crippen LogP contribution in [0.25, 0.3) is 0 Å². The summed E-state index contributed by atoms with van der Waals surface area (Å²) >= 11 is 1.48. The van der Waals surface area contributed by atoms with Gasteiger partial charge in [-0.2, -0.15) is 0 Å². The first-order chi connectivity index (χ1) is 15.2. The maximum Gasteiger partial charge on any atom is 0.230 e. The molecule has 2 fully saturated rings. The molecular formula is C24H33N5OS. The molecule has 1 aromatic carbocycles. The SMILES string of the molecule is C=CCn1c(SCC(=O)NC2CCN(Cc3ccccc3)C2)nnc1C1CCCCC1. The van der Waals surface area contributed by atoms with Gasteiger partial charge < -0.3 is 9.88 Å². The molecule has 2 heterocycles. The smallest absolute Gasteiger partial charge is 0.230 e. The van der Waals surface area contributed by atoms with E-state index in [-0.39, 0.29) is 11.9 Å². The maximum absolute atomic E-state index is 12.6. The first-order valence-electron chi connectivity index (χ1n) is 11.5. The molecule has 1 aromatic heterocycles. The van der Waals surface area contributed by atoms with E-state index in [0.717, 1.165) is 37.0 Å². The first-order valence-corrected chi connectivity index (χ1v) is 12.4. The van der Waals surface area contributed by atoms with Gasteiger partial charge in [-0.25, -0.2) is 0 Å². The second-order valence-corrected chi connectivity index (χ2v) is 9.58. The summed E-state index contributed by atoms with van der Waals surface area (Å²) in [7, 11) is 0. The third-order valence-corrected chi connectivity index (χ3v) is 7.21. The molecular weight excluding hydrogens is 406 g/mol. The number of carbonyl (C=O) groups is 1. The van der Waals surface area contributed by atoms with Crippen molar-refractivity contribution in [1.29, 1.82) is 0 Å². The highest BCUT2D eigenvalue weighted by molar-refractivity contribution is 7.99. The number of carbonyl (C=O) groups excluding carboxylic acids is 1. The van der Waals surface area contributed by atoms with Crippen LogP contribution in [-0.4, -0.2) is 50.5 Å². The van der Waals surface area contributed by atoms with Gasteiger partial charge in [0.05, 0.1) is 5.75 Å². The van der Waals surface area contributed by atoms with Gasteiger partial charge in [-0.15, -0.1) is 16.8 Å². The third-order valence-electron chi connectivity index (χ3n) is 6.25. The van der Waals surface area contributed by atoms with Crippen LogP contribution in [0.3, 0.4) is 0 Å². The Morgan fingerprint density at radius 3 is 2.74 bits per heavy atom. The number of thioether (sulfide) groups is 1. The average molecular weight is 440 g/mol. The second-order valence-electron chi connectivity index (χ2n) is 8.64. The molecule has 1 aliphatic carbocycles. The quantitative estimate of drug-likeness (QED) is 0.473. The highest BCUT2D eigenvalue weighted by Crippen LogP contribution is 2.33. The van der Waals surface area contributed by atoms with Crippen molar-refractivity contribution in [2.45, 2.75) is 68.7 Å². The summed E-state index contributed by atoms with van der Waals surface area (Å²) in [5.41, 5.74) is 1.32. The Labute approximate surface area is 189 Å². The average Bonchev–Trinajstić information content (AvgIpc) is 3.40. The van der Waals surface area contributed by atoms with Crippen LogP contribution in [0.15, 0.2) is 48.1 Å². The molecule has 1 saturated carbocycles. The fraction of sp³-hybridized carbons (Fsp3) is 0.542. The normalized spacial score (nSPS) is 20.1. The second kappa shape index (κ2) is 11.0. The lowest BCUT2D eigenvalue weighted by Crippen LogP contribution is -2.38. The van der Waals surface area contributed by atoms with Gasteiger partial charge in [0.2, 0.25) is 5.91 Å². The number of nitrogens with zero attached hydrogens (tertiary/aromatic N) is 4. The standard InChI is InChI=1S/C24H33N5OS/c1-2-14-29-23(20-11-7-4-8-12-20)26-27-24(29)31-18-22(30)25-21-13-15-28(17-21)16-19-9-5-3-6-10-19/h2-3,5-6,9-10,20-21H,1,4,7-8,11-18H2,(H,25,30). The number of hydrogen-bond acceptors (Lipinski definition) is 5. The van der Waals surface area contributed by atoms with Crippen LogP contribution in [0.4, 0.5) is 0 Å². The van der Waals surface area contributed by atoms with Crippen molar-refractivity contribution in [1.82, 2.24) is 25.0 Å². The third kappa shape index (κ3) is 5.98. The Bertz CT molecular complexity index is 862. The van der Waals surface area contributed by atoms with Crippen LogP contribution in [0.1, 0.15) is 55.8 Å². The fourth-order valence-electron chi connectivity index (χ4n) is 4.71. The molecule has 4 rings (SSSR count). The van der Waals surface area contributed by atoms with E-state index in [1.54, 1.807) is 0 Å². The van der Waals surface area contributed by atoms with E-state index in [1.165, 1.54) is 49.4 Å². The Hall–Kier alpha value is -2.12. The van der Waals surface area contributed by atoms with Crippen LogP contribution in [0.5, 0.6) is 0 Å². The number of allylic oxidation sites excluding steroid dienone is 1. The first kappa shape index (κ1) is 22.1. The Morgan fingerprint density at radius 2 is 1.97 bits per heavy atom. The van der Waals surface area contributed by atoms with Gasteiger partial charge in [0.15, 0.2) is 5.16 Å². The van der Waals surface area contributed by atoms with E-state index in [9.17, 15) is 4.79 Å². The molecule has 2 aromatic rings. The largest absolute Gasteiger partial charge is 0.351 e. The molecule has 1 unspecified atom stereocenters. The Balaban J connectivity index is 1.27. The zero-order valence-electron chi connectivity index (χ0n) is 18.2. The van der Waals surface area contributed by atoms with Gasteiger partial charge in [-0.05, 0) is 24.8 Å². The topological polar surface area (TPSA) is 63.1 Å². The van der Waals surface area contributed by atoms with Gasteiger partial charge in [0.25, 0.3) is 0 Å². The number of aromatic nitrogens is 3. The molecule has 166 valence electrons. The zero-order valence-corrected chi connectivity index (χ0v) is 19.0. The predicted octanol–water partition coefficient (Wildman–Crippen LogP) is 3.99. The molecule has 7 heteroatoms. The van der Waals surface area contributed by atoms with Gasteiger partial charge in [-0.1, -0.05) is 67.4 Å². The van der Waals surface area contributed by atoms with Crippen molar-refractivity contribution >= 4 is 17.7 Å². The summed E-state index contributed by atoms with van der Waals surface area (Å²) in [6, 6.07) is 10.7. The van der Waals surface area contributed by atoms with Crippen LogP contribution in [0, 0.1) is 0 Å². The van der Waals surface area contributed by atoms with E-state index < -0.39 is 0 Å². The summed E-state index contributed by atoms with van der Waals surface area (Å²) in [6.07, 6.45) is 9.10. The molecule has 0 bridgehead atoms. The molecule has 0 radical (unpaired) electrons. The number of likely N-dealkylation sites (tertiary alicyclic amines) is 1. The molecule has 1 atom stereocenters. The molecule has 2 aliphatic rings. The summed E-state index contributed by atoms with van der Waals surface area (Å²) < 4.78 is 2.15. The highest BCUT2D eigenvalue weighted by atomic mass is 32.2. The number of hydrogen-bond donors (Lipinski definition) is 1. The summed E-state index contributed by atoms with van der Waals surface area (Å²) in [6.45, 7) is 7.46. The summed E-state index contributed by atoms with van der Waals surface area (Å²) in [5.74, 6) is 1.99. The lowest BCUT2D eigenvalue weighted by atomic mass is 9.89. The molecule has 0 spiro atoms. The Kier molecular flexibility index (Phi) is 7.81. The van der Waals surface area contributed by atoms with E-state index in [4.69, 9.17) is 0 Å². The van der Waals surface area contributed by atoms with Crippen molar-refractivity contribution in [3.63, 3.8) is 0 Å². The van der Waals surface area contributed by atoms with E-state index >= 15 is 0 Å². The van der Waals surface area contributed by atoms with Gasteiger partial charge >= 0.3 is 0 Å². The minimum absolute atomic E-state index is 0.0731. The lowest BCUT2D eigenvalue weighted by Gasteiger charge is -2.21. The predicted molar refractivity (Wildman–Crippen MR) is 125 cm³/mol. The minimum atomic E-state index is 0.0731. The number of amides is 1. The van der Waals surface area contributed by atoms with Crippen molar-refractivity contribution in [2.75, 3.05) is 18.8 Å². The van der Waals surface area contributed by atoms with Crippen LogP contribution in [0.2, 0.25) is 0 Å². The zero-order chi connectivity index (χ0) is 21.5. The van der Waals surface area contributed by atoms with Gasteiger partial charge in [0.1, 0.15) is 5.82 Å². The van der Waals surface area contributed by atoms with Crippen molar-refractivity contribution in [3.05, 3.63) is 54.4 Å². The number of nitrogens with one attached hydrogen (secondary N) is 1. The van der Waals surface area contributed by atoms with E-state index in [2.05, 4.69) is 55.8 Å². The summed E-state index contributed by atoms with van der Waals surface area (Å²) in [5, 5.41) is 12.9. The highest BCUT2D eigenvalue weighted by Gasteiger charge is 2.25. The molecule has 1 N–H and O–H groups in total. The van der Waals surface area contributed by atoms with E-state index in [0.29, 0.717) is 18.2 Å². The molecule has 1 aliphatic heterocycles. The molecule has 1 amide bonds. The molecule has 31 heavy (non-hydrogen) atoms. The maximum atomic E-state index is 12.6. The lowest BCUT2D eigenvalue weighted by molar-refractivity contribution is -0.119. The van der Waals surface area contributed by atoms with Crippen LogP contribution in [-0.2, 0) is 17.9 Å². The van der Waals surface area contributed by atoms with Crippen LogP contribution < -0.4 is 5.32 Å². The molecule has 1 saturated heterocycles. The van der Waals surface area contributed by atoms with Gasteiger partial charge in [0, 0.05) is 38.1 Å². The number of benzene rings is 1. The van der Waals surface area contributed by atoms with Crippen LogP contribution >= 0.6 is 11.8 Å². The van der Waals surface area contributed by atoms with Crippen molar-refractivity contribution < 1.29 is 4.79 Å². The van der Waals surface area contributed by atoms with E-state index in [1.807, 2.05) is 12.1 Å². The number of rotatable bonds is 9. The minimum Gasteiger partial charge on any atom is -0.351 e. The Morgan fingerprint density at radius 1 is 1.16 bits per heavy atom.